The first-order valence-corrected chi connectivity index (χ1v) is 7.43. The smallest absolute Gasteiger partial charge is 0.124 e. The second-order valence-electron chi connectivity index (χ2n) is 4.35. The van der Waals surface area contributed by atoms with Gasteiger partial charge in [-0.05, 0) is 25.8 Å². The van der Waals surface area contributed by atoms with Crippen molar-refractivity contribution >= 4 is 17.4 Å². The first-order valence-electron chi connectivity index (χ1n) is 6.61. The van der Waals surface area contributed by atoms with E-state index in [1.165, 1.54) is 16.0 Å². The lowest BCUT2D eigenvalue weighted by Crippen LogP contribution is -1.82. The molecule has 0 bridgehead atoms. The minimum atomic E-state index is 1.06. The molecule has 1 aromatic carbocycles. The van der Waals surface area contributed by atoms with Gasteiger partial charge in [0.15, 0.2) is 0 Å². The summed E-state index contributed by atoms with van der Waals surface area (Å²) in [6, 6.07) is 8.43. The SMILES string of the molecule is C/C=C\C=C/c1ccccc1-c1nc(C)c(CC)s1. The van der Waals surface area contributed by atoms with Gasteiger partial charge in [0, 0.05) is 10.4 Å². The summed E-state index contributed by atoms with van der Waals surface area (Å²) in [5.74, 6) is 0. The third kappa shape index (κ3) is 3.21. The Hall–Kier alpha value is -1.67. The van der Waals surface area contributed by atoms with Crippen LogP contribution in [0, 0.1) is 6.92 Å². The van der Waals surface area contributed by atoms with E-state index in [-0.39, 0.29) is 0 Å². The molecule has 1 nitrogen and oxygen atoms in total. The van der Waals surface area contributed by atoms with Crippen LogP contribution >= 0.6 is 11.3 Å². The van der Waals surface area contributed by atoms with E-state index in [0.717, 1.165) is 17.1 Å². The zero-order valence-electron chi connectivity index (χ0n) is 11.7. The fourth-order valence-electron chi connectivity index (χ4n) is 1.98. The van der Waals surface area contributed by atoms with Crippen molar-refractivity contribution in [1.29, 1.82) is 0 Å². The molecule has 0 radical (unpaired) electrons. The molecule has 0 aliphatic heterocycles. The first-order chi connectivity index (χ1) is 9.26. The maximum atomic E-state index is 4.71. The standard InChI is InChI=1S/C17H19NS/c1-4-6-7-10-14-11-8-9-12-15(14)17-18-13(3)16(5-2)19-17/h4,6-12H,5H2,1-3H3/b6-4-,10-7-. The lowest BCUT2D eigenvalue weighted by Gasteiger charge is -2.01. The van der Waals surface area contributed by atoms with Gasteiger partial charge in [-0.25, -0.2) is 4.98 Å². The zero-order chi connectivity index (χ0) is 13.7. The molecule has 0 unspecified atom stereocenters. The minimum Gasteiger partial charge on any atom is -0.241 e. The molecule has 1 aromatic heterocycles. The Morgan fingerprint density at radius 3 is 2.68 bits per heavy atom. The van der Waals surface area contributed by atoms with Gasteiger partial charge in [-0.15, -0.1) is 11.3 Å². The second kappa shape index (κ2) is 6.48. The van der Waals surface area contributed by atoms with E-state index < -0.39 is 0 Å². The lowest BCUT2D eigenvalue weighted by molar-refractivity contribution is 1.11. The zero-order valence-corrected chi connectivity index (χ0v) is 12.5. The molecule has 19 heavy (non-hydrogen) atoms. The van der Waals surface area contributed by atoms with Crippen LogP contribution in [0.4, 0.5) is 0 Å². The summed E-state index contributed by atoms with van der Waals surface area (Å²) in [7, 11) is 0. The first kappa shape index (κ1) is 13.8. The largest absolute Gasteiger partial charge is 0.241 e. The Labute approximate surface area is 119 Å². The van der Waals surface area contributed by atoms with Crippen molar-refractivity contribution < 1.29 is 0 Å². The van der Waals surface area contributed by atoms with E-state index in [2.05, 4.69) is 50.3 Å². The molecule has 98 valence electrons. The highest BCUT2D eigenvalue weighted by Gasteiger charge is 2.10. The summed E-state index contributed by atoms with van der Waals surface area (Å²) in [5.41, 5.74) is 3.60. The number of benzene rings is 1. The molecule has 2 heteroatoms. The third-order valence-corrected chi connectivity index (χ3v) is 4.32. The third-order valence-electron chi connectivity index (χ3n) is 2.98. The summed E-state index contributed by atoms with van der Waals surface area (Å²) in [5, 5.41) is 1.12. The molecule has 0 saturated heterocycles. The van der Waals surface area contributed by atoms with Gasteiger partial charge in [0.25, 0.3) is 0 Å². The number of aryl methyl sites for hydroxylation is 2. The average molecular weight is 269 g/mol. The highest BCUT2D eigenvalue weighted by Crippen LogP contribution is 2.31. The molecule has 0 amide bonds. The molecular formula is C17H19NS. The van der Waals surface area contributed by atoms with E-state index in [1.54, 1.807) is 11.3 Å². The highest BCUT2D eigenvalue weighted by atomic mass is 32.1. The molecule has 0 N–H and O–H groups in total. The van der Waals surface area contributed by atoms with Gasteiger partial charge in [-0.3, -0.25) is 0 Å². The Balaban J connectivity index is 2.43. The summed E-state index contributed by atoms with van der Waals surface area (Å²) >= 11 is 1.80. The van der Waals surface area contributed by atoms with Crippen LogP contribution in [0.5, 0.6) is 0 Å². The highest BCUT2D eigenvalue weighted by molar-refractivity contribution is 7.15. The summed E-state index contributed by atoms with van der Waals surface area (Å²) in [6.45, 7) is 6.30. The van der Waals surface area contributed by atoms with Crippen molar-refractivity contribution in [2.24, 2.45) is 0 Å². The predicted molar refractivity (Wildman–Crippen MR) is 85.5 cm³/mol. The molecule has 1 heterocycles. The number of hydrogen-bond donors (Lipinski definition) is 0. The van der Waals surface area contributed by atoms with Crippen LogP contribution in [-0.2, 0) is 6.42 Å². The maximum absolute atomic E-state index is 4.71. The lowest BCUT2D eigenvalue weighted by atomic mass is 10.1. The van der Waals surface area contributed by atoms with Crippen molar-refractivity contribution in [2.75, 3.05) is 0 Å². The molecule has 0 saturated carbocycles. The van der Waals surface area contributed by atoms with Gasteiger partial charge in [-0.2, -0.15) is 0 Å². The van der Waals surface area contributed by atoms with Crippen LogP contribution in [0.2, 0.25) is 0 Å². The van der Waals surface area contributed by atoms with Crippen LogP contribution in [0.25, 0.3) is 16.6 Å². The summed E-state index contributed by atoms with van der Waals surface area (Å²) in [4.78, 5) is 6.08. The fraction of sp³-hybridized carbons (Fsp3) is 0.235. The molecule has 0 fully saturated rings. The Bertz CT molecular complexity index is 605. The summed E-state index contributed by atoms with van der Waals surface area (Å²) < 4.78 is 0. The Morgan fingerprint density at radius 2 is 2.00 bits per heavy atom. The van der Waals surface area contributed by atoms with Gasteiger partial charge in [0.2, 0.25) is 0 Å². The average Bonchev–Trinajstić information content (AvgIpc) is 2.81. The normalized spacial score (nSPS) is 11.7. The maximum Gasteiger partial charge on any atom is 0.124 e. The van der Waals surface area contributed by atoms with Gasteiger partial charge >= 0.3 is 0 Å². The Morgan fingerprint density at radius 1 is 1.21 bits per heavy atom. The predicted octanol–water partition coefficient (Wildman–Crippen LogP) is 5.27. The number of rotatable bonds is 4. The van der Waals surface area contributed by atoms with Gasteiger partial charge in [-0.1, -0.05) is 55.5 Å². The number of aromatic nitrogens is 1. The van der Waals surface area contributed by atoms with Crippen molar-refractivity contribution in [3.05, 3.63) is 58.6 Å². The second-order valence-corrected chi connectivity index (χ2v) is 5.44. The molecule has 0 aliphatic rings. The van der Waals surface area contributed by atoms with Crippen molar-refractivity contribution in [3.63, 3.8) is 0 Å². The van der Waals surface area contributed by atoms with Crippen molar-refractivity contribution in [1.82, 2.24) is 4.98 Å². The van der Waals surface area contributed by atoms with E-state index in [0.29, 0.717) is 0 Å². The summed E-state index contributed by atoms with van der Waals surface area (Å²) in [6.07, 6.45) is 9.33. The van der Waals surface area contributed by atoms with Gasteiger partial charge in [0.1, 0.15) is 5.01 Å². The number of thiazole rings is 1. The fourth-order valence-corrected chi connectivity index (χ4v) is 3.03. The van der Waals surface area contributed by atoms with Crippen LogP contribution < -0.4 is 0 Å². The number of allylic oxidation sites excluding steroid dienone is 3. The van der Waals surface area contributed by atoms with E-state index in [4.69, 9.17) is 4.98 Å². The van der Waals surface area contributed by atoms with E-state index in [1.807, 2.05) is 19.1 Å². The van der Waals surface area contributed by atoms with E-state index >= 15 is 0 Å². The van der Waals surface area contributed by atoms with Crippen LogP contribution in [0.3, 0.4) is 0 Å². The molecule has 2 rings (SSSR count). The van der Waals surface area contributed by atoms with Gasteiger partial charge in [0.05, 0.1) is 5.69 Å². The van der Waals surface area contributed by atoms with Crippen LogP contribution in [0.15, 0.2) is 42.5 Å². The Kier molecular flexibility index (Phi) is 4.69. The quantitative estimate of drug-likeness (QED) is 0.689. The van der Waals surface area contributed by atoms with Gasteiger partial charge < -0.3 is 0 Å². The number of hydrogen-bond acceptors (Lipinski definition) is 2. The van der Waals surface area contributed by atoms with E-state index in [9.17, 15) is 0 Å². The monoisotopic (exact) mass is 269 g/mol. The van der Waals surface area contributed by atoms with Crippen molar-refractivity contribution in [3.8, 4) is 10.6 Å². The molecular weight excluding hydrogens is 250 g/mol. The molecule has 0 spiro atoms. The van der Waals surface area contributed by atoms with Crippen LogP contribution in [0.1, 0.15) is 30.0 Å². The topological polar surface area (TPSA) is 12.9 Å². The van der Waals surface area contributed by atoms with Crippen LogP contribution in [-0.4, -0.2) is 4.98 Å². The minimum absolute atomic E-state index is 1.06. The molecule has 2 aromatic rings. The molecule has 0 atom stereocenters. The molecule has 0 aliphatic carbocycles. The van der Waals surface area contributed by atoms with Crippen molar-refractivity contribution in [2.45, 2.75) is 27.2 Å². The number of nitrogens with zero attached hydrogens (tertiary/aromatic N) is 1.